The standard InChI is InChI=1S/C17H20F3N7O/c1-10(15-23-24-25-27(15)12-5-6-12)21-16(28)22-14-4-2-3-11-7-26(8-13(11)14)9-17(18,19)20/h2-4,10,12H,5-9H2,1H3,(H2,21,22,28). The van der Waals surface area contributed by atoms with Gasteiger partial charge in [-0.25, -0.2) is 9.48 Å². The minimum absolute atomic E-state index is 0.140. The number of hydrogen-bond donors (Lipinski definition) is 2. The van der Waals surface area contributed by atoms with Crippen molar-refractivity contribution in [3.05, 3.63) is 35.2 Å². The molecule has 0 bridgehead atoms. The predicted octanol–water partition coefficient (Wildman–Crippen LogP) is 2.77. The van der Waals surface area contributed by atoms with Crippen LogP contribution in [0.15, 0.2) is 18.2 Å². The van der Waals surface area contributed by atoms with Crippen molar-refractivity contribution in [3.63, 3.8) is 0 Å². The van der Waals surface area contributed by atoms with Crippen molar-refractivity contribution in [1.29, 1.82) is 0 Å². The maximum Gasteiger partial charge on any atom is 0.401 e. The zero-order valence-electron chi connectivity index (χ0n) is 15.2. The maximum atomic E-state index is 12.7. The number of hydrogen-bond acceptors (Lipinski definition) is 5. The van der Waals surface area contributed by atoms with Gasteiger partial charge in [-0.3, -0.25) is 4.90 Å². The molecule has 11 heteroatoms. The van der Waals surface area contributed by atoms with Crippen molar-refractivity contribution in [2.45, 2.75) is 51.1 Å². The number of amides is 2. The number of halogens is 3. The van der Waals surface area contributed by atoms with Gasteiger partial charge in [0, 0.05) is 18.8 Å². The largest absolute Gasteiger partial charge is 0.401 e. The molecule has 1 fully saturated rings. The highest BCUT2D eigenvalue weighted by atomic mass is 19.4. The number of fused-ring (bicyclic) bond motifs is 1. The second kappa shape index (κ2) is 7.04. The molecular weight excluding hydrogens is 375 g/mol. The second-order valence-electron chi connectivity index (χ2n) is 7.24. The van der Waals surface area contributed by atoms with Gasteiger partial charge in [0.25, 0.3) is 0 Å². The molecule has 1 aromatic carbocycles. The van der Waals surface area contributed by atoms with Gasteiger partial charge in [0.15, 0.2) is 5.82 Å². The average molecular weight is 395 g/mol. The number of tetrazole rings is 1. The number of aromatic nitrogens is 4. The van der Waals surface area contributed by atoms with E-state index in [9.17, 15) is 18.0 Å². The van der Waals surface area contributed by atoms with E-state index in [2.05, 4.69) is 26.2 Å². The van der Waals surface area contributed by atoms with E-state index in [-0.39, 0.29) is 19.1 Å². The quantitative estimate of drug-likeness (QED) is 0.813. The number of urea groups is 1. The molecule has 0 radical (unpaired) electrons. The van der Waals surface area contributed by atoms with E-state index >= 15 is 0 Å². The highest BCUT2D eigenvalue weighted by molar-refractivity contribution is 5.90. The van der Waals surface area contributed by atoms with Crippen molar-refractivity contribution >= 4 is 11.7 Å². The summed E-state index contributed by atoms with van der Waals surface area (Å²) in [5, 5.41) is 17.2. The number of rotatable bonds is 5. The minimum Gasteiger partial charge on any atom is -0.328 e. The monoisotopic (exact) mass is 395 g/mol. The summed E-state index contributed by atoms with van der Waals surface area (Å²) in [5.74, 6) is 0.576. The Morgan fingerprint density at radius 1 is 1.32 bits per heavy atom. The van der Waals surface area contributed by atoms with Crippen molar-refractivity contribution in [3.8, 4) is 0 Å². The number of alkyl halides is 3. The number of nitrogens with zero attached hydrogens (tertiary/aromatic N) is 5. The predicted molar refractivity (Wildman–Crippen MR) is 93.3 cm³/mol. The zero-order chi connectivity index (χ0) is 19.9. The highest BCUT2D eigenvalue weighted by Crippen LogP contribution is 2.35. The molecule has 0 saturated heterocycles. The Labute approximate surface area is 159 Å². The molecular formula is C17H20F3N7O. The number of anilines is 1. The lowest BCUT2D eigenvalue weighted by atomic mass is 10.1. The first-order chi connectivity index (χ1) is 13.3. The normalized spacial score (nSPS) is 18.0. The summed E-state index contributed by atoms with van der Waals surface area (Å²) in [4.78, 5) is 13.7. The fourth-order valence-electron chi connectivity index (χ4n) is 3.46. The molecule has 150 valence electrons. The average Bonchev–Trinajstić information content (AvgIpc) is 3.17. The minimum atomic E-state index is -4.26. The smallest absolute Gasteiger partial charge is 0.328 e. The van der Waals surface area contributed by atoms with Gasteiger partial charge in [-0.1, -0.05) is 12.1 Å². The first-order valence-corrected chi connectivity index (χ1v) is 9.05. The molecule has 1 saturated carbocycles. The first kappa shape index (κ1) is 18.7. The number of benzene rings is 1. The molecule has 8 nitrogen and oxygen atoms in total. The molecule has 2 heterocycles. The third kappa shape index (κ3) is 4.08. The second-order valence-corrected chi connectivity index (χ2v) is 7.24. The van der Waals surface area contributed by atoms with E-state index in [1.54, 1.807) is 29.8 Å². The molecule has 4 rings (SSSR count). The summed E-state index contributed by atoms with van der Waals surface area (Å²) in [6.07, 6.45) is -2.23. The van der Waals surface area contributed by atoms with Crippen LogP contribution in [0.1, 0.15) is 48.8 Å². The van der Waals surface area contributed by atoms with E-state index in [1.165, 1.54) is 4.90 Å². The van der Waals surface area contributed by atoms with E-state index in [1.807, 2.05) is 0 Å². The van der Waals surface area contributed by atoms with Crippen LogP contribution in [0.3, 0.4) is 0 Å². The van der Waals surface area contributed by atoms with Crippen molar-refractivity contribution in [2.75, 3.05) is 11.9 Å². The third-order valence-electron chi connectivity index (χ3n) is 4.85. The Kier molecular flexibility index (Phi) is 4.69. The highest BCUT2D eigenvalue weighted by Gasteiger charge is 2.34. The van der Waals surface area contributed by atoms with Crippen LogP contribution in [0.4, 0.5) is 23.7 Å². The maximum absolute atomic E-state index is 12.7. The first-order valence-electron chi connectivity index (χ1n) is 9.05. The molecule has 2 aromatic rings. The van der Waals surface area contributed by atoms with Gasteiger partial charge < -0.3 is 10.6 Å². The molecule has 2 amide bonds. The summed E-state index contributed by atoms with van der Waals surface area (Å²) < 4.78 is 39.7. The third-order valence-corrected chi connectivity index (χ3v) is 4.85. The molecule has 1 aliphatic carbocycles. The lowest BCUT2D eigenvalue weighted by Gasteiger charge is -2.17. The molecule has 0 spiro atoms. The summed E-state index contributed by atoms with van der Waals surface area (Å²) in [5.41, 5.74) is 2.00. The van der Waals surface area contributed by atoms with Crippen molar-refractivity contribution in [2.24, 2.45) is 0 Å². The molecule has 1 atom stereocenters. The van der Waals surface area contributed by atoms with Crippen LogP contribution in [0.5, 0.6) is 0 Å². The van der Waals surface area contributed by atoms with Crippen LogP contribution >= 0.6 is 0 Å². The fraction of sp³-hybridized carbons (Fsp3) is 0.529. The Morgan fingerprint density at radius 3 is 2.82 bits per heavy atom. The SMILES string of the molecule is CC(NC(=O)Nc1cccc2c1CN(CC(F)(F)F)C2)c1nnnn1C1CC1. The lowest BCUT2D eigenvalue weighted by molar-refractivity contribution is -0.146. The van der Waals surface area contributed by atoms with E-state index in [0.29, 0.717) is 17.1 Å². The van der Waals surface area contributed by atoms with Crippen LogP contribution in [0.2, 0.25) is 0 Å². The fourth-order valence-corrected chi connectivity index (χ4v) is 3.46. The topological polar surface area (TPSA) is 88.0 Å². The van der Waals surface area contributed by atoms with Crippen LogP contribution in [-0.4, -0.2) is 43.9 Å². The molecule has 2 aliphatic rings. The van der Waals surface area contributed by atoms with Gasteiger partial charge in [-0.05, 0) is 47.4 Å². The number of carbonyl (C=O) groups excluding carboxylic acids is 1. The van der Waals surface area contributed by atoms with Crippen molar-refractivity contribution < 1.29 is 18.0 Å². The molecule has 1 aromatic heterocycles. The van der Waals surface area contributed by atoms with Crippen LogP contribution in [0, 0.1) is 0 Å². The Morgan fingerprint density at radius 2 is 2.11 bits per heavy atom. The van der Waals surface area contributed by atoms with Gasteiger partial charge in [0.2, 0.25) is 0 Å². The van der Waals surface area contributed by atoms with Gasteiger partial charge in [0.05, 0.1) is 18.6 Å². The van der Waals surface area contributed by atoms with Gasteiger partial charge in [-0.15, -0.1) is 5.10 Å². The summed E-state index contributed by atoms with van der Waals surface area (Å²) in [6, 6.07) is 4.61. The molecule has 28 heavy (non-hydrogen) atoms. The van der Waals surface area contributed by atoms with Crippen LogP contribution < -0.4 is 10.6 Å². The van der Waals surface area contributed by atoms with E-state index in [0.717, 1.165) is 18.4 Å². The summed E-state index contributed by atoms with van der Waals surface area (Å²) in [7, 11) is 0. The Balaban J connectivity index is 1.41. The number of carbonyl (C=O) groups is 1. The Bertz CT molecular complexity index is 878. The molecule has 1 unspecified atom stereocenters. The summed E-state index contributed by atoms with van der Waals surface area (Å²) in [6.45, 7) is 1.15. The van der Waals surface area contributed by atoms with E-state index in [4.69, 9.17) is 0 Å². The molecule has 2 N–H and O–H groups in total. The van der Waals surface area contributed by atoms with Gasteiger partial charge in [0.1, 0.15) is 0 Å². The van der Waals surface area contributed by atoms with Crippen LogP contribution in [0.25, 0.3) is 0 Å². The van der Waals surface area contributed by atoms with Crippen molar-refractivity contribution in [1.82, 2.24) is 30.4 Å². The zero-order valence-corrected chi connectivity index (χ0v) is 15.2. The molecule has 1 aliphatic heterocycles. The lowest BCUT2D eigenvalue weighted by Crippen LogP contribution is -2.33. The Hall–Kier alpha value is -2.69. The van der Waals surface area contributed by atoms with E-state index < -0.39 is 24.8 Å². The summed E-state index contributed by atoms with van der Waals surface area (Å²) >= 11 is 0. The van der Waals surface area contributed by atoms with Crippen LogP contribution in [-0.2, 0) is 13.1 Å². The van der Waals surface area contributed by atoms with Gasteiger partial charge in [-0.2, -0.15) is 13.2 Å². The van der Waals surface area contributed by atoms with Gasteiger partial charge >= 0.3 is 12.2 Å². The number of nitrogens with one attached hydrogen (secondary N) is 2.